The molecule has 2 amide bonds. The standard InChI is InChI=1S/C11H15N5OS/c12-9(18)8-6-13-16-10(8)15-11(17)14-7-4-2-1-3-5-7/h1-5,8,10,13,16H,6H2,(H2,12,18)(H2,14,15,17). The van der Waals surface area contributed by atoms with Crippen LogP contribution in [-0.2, 0) is 0 Å². The Hall–Kier alpha value is -1.70. The van der Waals surface area contributed by atoms with Crippen LogP contribution >= 0.6 is 12.2 Å². The smallest absolute Gasteiger partial charge is 0.320 e. The molecule has 0 aromatic heterocycles. The first-order valence-corrected chi connectivity index (χ1v) is 5.98. The van der Waals surface area contributed by atoms with Crippen molar-refractivity contribution in [2.75, 3.05) is 11.9 Å². The molecular formula is C11H15N5OS. The second kappa shape index (κ2) is 5.76. The van der Waals surface area contributed by atoms with Crippen LogP contribution in [0.5, 0.6) is 0 Å². The first-order valence-electron chi connectivity index (χ1n) is 5.57. The van der Waals surface area contributed by atoms with Crippen molar-refractivity contribution < 1.29 is 4.79 Å². The van der Waals surface area contributed by atoms with Gasteiger partial charge in [-0.05, 0) is 12.1 Å². The molecule has 1 heterocycles. The molecule has 1 aliphatic rings. The number of para-hydroxylation sites is 1. The molecule has 2 unspecified atom stereocenters. The number of amides is 2. The van der Waals surface area contributed by atoms with Crippen LogP contribution in [0, 0.1) is 5.92 Å². The summed E-state index contributed by atoms with van der Waals surface area (Å²) in [6.45, 7) is 0.603. The summed E-state index contributed by atoms with van der Waals surface area (Å²) in [4.78, 5) is 12.1. The molecule has 0 spiro atoms. The van der Waals surface area contributed by atoms with E-state index in [2.05, 4.69) is 21.5 Å². The lowest BCUT2D eigenvalue weighted by Gasteiger charge is -2.19. The molecule has 0 aliphatic carbocycles. The van der Waals surface area contributed by atoms with E-state index in [1.807, 2.05) is 30.3 Å². The molecule has 2 rings (SSSR count). The van der Waals surface area contributed by atoms with Gasteiger partial charge >= 0.3 is 6.03 Å². The Balaban J connectivity index is 1.90. The molecule has 1 fully saturated rings. The number of hydrogen-bond donors (Lipinski definition) is 5. The quantitative estimate of drug-likeness (QED) is 0.502. The number of carbonyl (C=O) groups is 1. The zero-order valence-corrected chi connectivity index (χ0v) is 10.5. The second-order valence-corrected chi connectivity index (χ2v) is 4.45. The minimum Gasteiger partial charge on any atom is -0.393 e. The van der Waals surface area contributed by atoms with Crippen LogP contribution in [0.4, 0.5) is 10.5 Å². The van der Waals surface area contributed by atoms with Crippen molar-refractivity contribution in [3.63, 3.8) is 0 Å². The number of nitrogens with one attached hydrogen (secondary N) is 4. The summed E-state index contributed by atoms with van der Waals surface area (Å²) >= 11 is 4.94. The number of hydrazine groups is 1. The number of rotatable bonds is 3. The molecule has 7 heteroatoms. The van der Waals surface area contributed by atoms with Crippen LogP contribution in [0.3, 0.4) is 0 Å². The summed E-state index contributed by atoms with van der Waals surface area (Å²) in [7, 11) is 0. The Bertz CT molecular complexity index is 438. The predicted octanol–water partition coefficient (Wildman–Crippen LogP) is 0.144. The summed E-state index contributed by atoms with van der Waals surface area (Å²) in [6, 6.07) is 8.90. The van der Waals surface area contributed by atoms with Gasteiger partial charge in [-0.15, -0.1) is 0 Å². The highest BCUT2D eigenvalue weighted by Crippen LogP contribution is 2.07. The fourth-order valence-electron chi connectivity index (χ4n) is 1.73. The van der Waals surface area contributed by atoms with E-state index >= 15 is 0 Å². The molecule has 0 radical (unpaired) electrons. The van der Waals surface area contributed by atoms with Crippen molar-refractivity contribution >= 4 is 28.9 Å². The Labute approximate surface area is 110 Å². The van der Waals surface area contributed by atoms with E-state index in [0.29, 0.717) is 11.5 Å². The summed E-state index contributed by atoms with van der Waals surface area (Å²) in [6.07, 6.45) is -0.300. The zero-order valence-electron chi connectivity index (χ0n) is 9.64. The van der Waals surface area contributed by atoms with Gasteiger partial charge in [0.15, 0.2) is 0 Å². The monoisotopic (exact) mass is 265 g/mol. The van der Waals surface area contributed by atoms with E-state index in [1.165, 1.54) is 0 Å². The van der Waals surface area contributed by atoms with E-state index in [-0.39, 0.29) is 18.1 Å². The number of anilines is 1. The van der Waals surface area contributed by atoms with E-state index in [1.54, 1.807) is 0 Å². The van der Waals surface area contributed by atoms with Gasteiger partial charge in [0, 0.05) is 12.2 Å². The number of thiocarbonyl (C=S) groups is 1. The SMILES string of the molecule is NC(=S)C1CNNC1NC(=O)Nc1ccccc1. The maximum Gasteiger partial charge on any atom is 0.320 e. The van der Waals surface area contributed by atoms with Crippen LogP contribution < -0.4 is 27.2 Å². The van der Waals surface area contributed by atoms with Gasteiger partial charge in [-0.2, -0.15) is 0 Å². The summed E-state index contributed by atoms with van der Waals surface area (Å²) in [5.41, 5.74) is 12.2. The highest BCUT2D eigenvalue weighted by molar-refractivity contribution is 7.80. The van der Waals surface area contributed by atoms with Crippen molar-refractivity contribution in [3.05, 3.63) is 30.3 Å². The third kappa shape index (κ3) is 3.16. The molecule has 6 N–H and O–H groups in total. The predicted molar refractivity (Wildman–Crippen MR) is 73.8 cm³/mol. The van der Waals surface area contributed by atoms with Gasteiger partial charge in [-0.1, -0.05) is 30.4 Å². The Morgan fingerprint density at radius 3 is 2.78 bits per heavy atom. The number of nitrogens with two attached hydrogens (primary N) is 1. The normalized spacial score (nSPS) is 22.4. The molecular weight excluding hydrogens is 250 g/mol. The minimum absolute atomic E-state index is 0.0958. The molecule has 1 aliphatic heterocycles. The molecule has 2 atom stereocenters. The van der Waals surface area contributed by atoms with Crippen LogP contribution in [-0.4, -0.2) is 23.7 Å². The second-order valence-electron chi connectivity index (χ2n) is 3.98. The third-order valence-electron chi connectivity index (χ3n) is 2.67. The highest BCUT2D eigenvalue weighted by Gasteiger charge is 2.30. The van der Waals surface area contributed by atoms with E-state index in [4.69, 9.17) is 18.0 Å². The molecule has 1 saturated heterocycles. The number of benzene rings is 1. The molecule has 0 saturated carbocycles. The van der Waals surface area contributed by atoms with E-state index in [9.17, 15) is 4.79 Å². The molecule has 0 bridgehead atoms. The van der Waals surface area contributed by atoms with Crippen molar-refractivity contribution in [1.29, 1.82) is 0 Å². The first-order chi connectivity index (χ1) is 8.66. The summed E-state index contributed by atoms with van der Waals surface area (Å²) < 4.78 is 0. The Morgan fingerprint density at radius 1 is 1.39 bits per heavy atom. The van der Waals surface area contributed by atoms with Crippen LogP contribution in [0.1, 0.15) is 0 Å². The number of urea groups is 1. The lowest BCUT2D eigenvalue weighted by molar-refractivity contribution is 0.245. The summed E-state index contributed by atoms with van der Waals surface area (Å²) in [5, 5.41) is 5.49. The van der Waals surface area contributed by atoms with Gasteiger partial charge < -0.3 is 16.4 Å². The summed E-state index contributed by atoms with van der Waals surface area (Å²) in [5.74, 6) is -0.0958. The average Bonchev–Trinajstić information content (AvgIpc) is 2.78. The Morgan fingerprint density at radius 2 is 2.11 bits per heavy atom. The van der Waals surface area contributed by atoms with Crippen molar-refractivity contribution in [2.24, 2.45) is 11.7 Å². The average molecular weight is 265 g/mol. The maximum atomic E-state index is 11.8. The fraction of sp³-hybridized carbons (Fsp3) is 0.273. The molecule has 18 heavy (non-hydrogen) atoms. The van der Waals surface area contributed by atoms with Crippen molar-refractivity contribution in [2.45, 2.75) is 6.17 Å². The van der Waals surface area contributed by atoms with Crippen molar-refractivity contribution in [3.8, 4) is 0 Å². The number of carbonyl (C=O) groups excluding carboxylic acids is 1. The fourth-order valence-corrected chi connectivity index (χ4v) is 1.95. The van der Waals surface area contributed by atoms with Gasteiger partial charge in [0.1, 0.15) is 6.17 Å². The molecule has 96 valence electrons. The van der Waals surface area contributed by atoms with Crippen molar-refractivity contribution in [1.82, 2.24) is 16.2 Å². The Kier molecular flexibility index (Phi) is 4.08. The lowest BCUT2D eigenvalue weighted by Crippen LogP contribution is -2.50. The van der Waals surface area contributed by atoms with Gasteiger partial charge in [-0.25, -0.2) is 10.2 Å². The van der Waals surface area contributed by atoms with Gasteiger partial charge in [0.2, 0.25) is 0 Å². The maximum absolute atomic E-state index is 11.8. The molecule has 1 aromatic rings. The van der Waals surface area contributed by atoms with E-state index < -0.39 is 0 Å². The largest absolute Gasteiger partial charge is 0.393 e. The number of hydrogen-bond acceptors (Lipinski definition) is 4. The van der Waals surface area contributed by atoms with Gasteiger partial charge in [0.05, 0.1) is 10.9 Å². The lowest BCUT2D eigenvalue weighted by atomic mass is 10.1. The molecule has 1 aromatic carbocycles. The van der Waals surface area contributed by atoms with Gasteiger partial charge in [-0.3, -0.25) is 5.43 Å². The van der Waals surface area contributed by atoms with Crippen LogP contribution in [0.2, 0.25) is 0 Å². The first kappa shape index (κ1) is 12.7. The molecule has 6 nitrogen and oxygen atoms in total. The van der Waals surface area contributed by atoms with Gasteiger partial charge in [0.25, 0.3) is 0 Å². The zero-order chi connectivity index (χ0) is 13.0. The van der Waals surface area contributed by atoms with Crippen LogP contribution in [0.15, 0.2) is 30.3 Å². The third-order valence-corrected chi connectivity index (χ3v) is 2.97. The topological polar surface area (TPSA) is 91.2 Å². The minimum atomic E-state index is -0.302. The highest BCUT2D eigenvalue weighted by atomic mass is 32.1. The van der Waals surface area contributed by atoms with E-state index in [0.717, 1.165) is 5.69 Å². The van der Waals surface area contributed by atoms with Crippen LogP contribution in [0.25, 0.3) is 0 Å².